The number of aromatic nitrogens is 1. The van der Waals surface area contributed by atoms with Crippen LogP contribution in [0.25, 0.3) is 22.2 Å². The molecule has 7 heteroatoms. The lowest BCUT2D eigenvalue weighted by molar-refractivity contribution is -0.0175. The molecule has 0 atom stereocenters. The van der Waals surface area contributed by atoms with Gasteiger partial charge < -0.3 is 18.6 Å². The first-order valence-electron chi connectivity index (χ1n) is 9.31. The van der Waals surface area contributed by atoms with E-state index in [1.165, 1.54) is 0 Å². The standard InChI is InChI=1S/C23H16ClNO5/c24-17-7-15-11-27-13-29-22(15)16(8-17)12-28-18-5-4-14-9-19(20-3-1-2-6-25-20)23(26)30-21(14)10-18/h1-10H,11-13H2. The molecule has 0 saturated carbocycles. The molecule has 150 valence electrons. The fraction of sp³-hybridized carbons (Fsp3) is 0.130. The lowest BCUT2D eigenvalue weighted by Gasteiger charge is -2.21. The van der Waals surface area contributed by atoms with E-state index in [9.17, 15) is 4.79 Å². The van der Waals surface area contributed by atoms with Gasteiger partial charge in [-0.05, 0) is 42.5 Å². The fourth-order valence-electron chi connectivity index (χ4n) is 3.41. The molecule has 4 aromatic rings. The van der Waals surface area contributed by atoms with Gasteiger partial charge in [0.25, 0.3) is 0 Å². The highest BCUT2D eigenvalue weighted by molar-refractivity contribution is 6.30. The van der Waals surface area contributed by atoms with Gasteiger partial charge in [-0.3, -0.25) is 4.98 Å². The van der Waals surface area contributed by atoms with Crippen molar-refractivity contribution in [2.75, 3.05) is 6.79 Å². The molecule has 0 bridgehead atoms. The van der Waals surface area contributed by atoms with Crippen LogP contribution in [0.1, 0.15) is 11.1 Å². The van der Waals surface area contributed by atoms with Crippen LogP contribution < -0.4 is 15.1 Å². The van der Waals surface area contributed by atoms with Crippen molar-refractivity contribution in [3.05, 3.63) is 87.4 Å². The SMILES string of the molecule is O=c1oc2cc(OCc3cc(Cl)cc4c3OCOC4)ccc2cc1-c1ccccn1. The summed E-state index contributed by atoms with van der Waals surface area (Å²) >= 11 is 6.20. The molecule has 0 aliphatic carbocycles. The minimum atomic E-state index is -0.448. The Kier molecular flexibility index (Phi) is 4.86. The smallest absolute Gasteiger partial charge is 0.345 e. The largest absolute Gasteiger partial charge is 0.489 e. The van der Waals surface area contributed by atoms with Gasteiger partial charge in [-0.1, -0.05) is 17.7 Å². The first kappa shape index (κ1) is 18.7. The van der Waals surface area contributed by atoms with Crippen LogP contribution in [0.3, 0.4) is 0 Å². The quantitative estimate of drug-likeness (QED) is 0.434. The first-order chi connectivity index (χ1) is 14.7. The average Bonchev–Trinajstić information content (AvgIpc) is 2.77. The number of hydrogen-bond donors (Lipinski definition) is 0. The second-order valence-corrected chi connectivity index (χ2v) is 7.25. The number of nitrogens with zero attached hydrogens (tertiary/aromatic N) is 1. The number of benzene rings is 2. The highest BCUT2D eigenvalue weighted by Gasteiger charge is 2.17. The molecule has 5 rings (SSSR count). The summed E-state index contributed by atoms with van der Waals surface area (Å²) in [5.74, 6) is 1.30. The predicted octanol–water partition coefficient (Wildman–Crippen LogP) is 4.95. The van der Waals surface area contributed by atoms with Crippen LogP contribution in [0.5, 0.6) is 11.5 Å². The molecule has 2 aromatic carbocycles. The molecule has 1 aliphatic heterocycles. The summed E-state index contributed by atoms with van der Waals surface area (Å²) in [4.78, 5) is 16.7. The molecule has 0 spiro atoms. The molecule has 0 radical (unpaired) electrons. The van der Waals surface area contributed by atoms with Crippen molar-refractivity contribution < 1.29 is 18.6 Å². The van der Waals surface area contributed by atoms with E-state index in [4.69, 9.17) is 30.2 Å². The van der Waals surface area contributed by atoms with E-state index in [2.05, 4.69) is 4.98 Å². The number of pyridine rings is 1. The Morgan fingerprint density at radius 3 is 2.90 bits per heavy atom. The highest BCUT2D eigenvalue weighted by atomic mass is 35.5. The summed E-state index contributed by atoms with van der Waals surface area (Å²) in [6.45, 7) is 0.897. The number of halogens is 1. The average molecular weight is 422 g/mol. The Morgan fingerprint density at radius 2 is 2.03 bits per heavy atom. The van der Waals surface area contributed by atoms with Crippen LogP contribution in [-0.4, -0.2) is 11.8 Å². The van der Waals surface area contributed by atoms with E-state index in [-0.39, 0.29) is 13.4 Å². The summed E-state index contributed by atoms with van der Waals surface area (Å²) in [6, 6.07) is 16.2. The molecule has 0 fully saturated rings. The van der Waals surface area contributed by atoms with Crippen molar-refractivity contribution in [3.8, 4) is 22.8 Å². The van der Waals surface area contributed by atoms with Crippen LogP contribution in [0, 0.1) is 0 Å². The predicted molar refractivity (Wildman–Crippen MR) is 112 cm³/mol. The Balaban J connectivity index is 1.43. The van der Waals surface area contributed by atoms with E-state index < -0.39 is 5.63 Å². The maximum atomic E-state index is 12.4. The van der Waals surface area contributed by atoms with E-state index in [0.717, 1.165) is 22.3 Å². The normalized spacial score (nSPS) is 13.0. The van der Waals surface area contributed by atoms with Crippen LogP contribution in [0.4, 0.5) is 0 Å². The van der Waals surface area contributed by atoms with Crippen LogP contribution in [0.2, 0.25) is 5.02 Å². The topological polar surface area (TPSA) is 70.8 Å². The molecule has 3 heterocycles. The van der Waals surface area contributed by atoms with Crippen molar-refractivity contribution in [2.24, 2.45) is 0 Å². The van der Waals surface area contributed by atoms with E-state index in [1.54, 1.807) is 30.5 Å². The molecule has 2 aromatic heterocycles. The lowest BCUT2D eigenvalue weighted by atomic mass is 10.1. The van der Waals surface area contributed by atoms with Gasteiger partial charge in [0.2, 0.25) is 0 Å². The summed E-state index contributed by atoms with van der Waals surface area (Å²) in [5, 5.41) is 1.37. The zero-order chi connectivity index (χ0) is 20.5. The molecule has 0 N–H and O–H groups in total. The third-order valence-corrected chi connectivity index (χ3v) is 5.01. The van der Waals surface area contributed by atoms with Gasteiger partial charge in [0.15, 0.2) is 6.79 Å². The van der Waals surface area contributed by atoms with Gasteiger partial charge in [-0.25, -0.2) is 4.79 Å². The lowest BCUT2D eigenvalue weighted by Crippen LogP contribution is -2.14. The first-order valence-corrected chi connectivity index (χ1v) is 9.69. The monoisotopic (exact) mass is 421 g/mol. The second kappa shape index (κ2) is 7.82. The Bertz CT molecular complexity index is 1290. The maximum Gasteiger partial charge on any atom is 0.345 e. The van der Waals surface area contributed by atoms with Crippen LogP contribution in [-0.2, 0) is 18.0 Å². The van der Waals surface area contributed by atoms with E-state index >= 15 is 0 Å². The third kappa shape index (κ3) is 3.63. The van der Waals surface area contributed by atoms with Crippen LogP contribution in [0.15, 0.2) is 70.0 Å². The molecular weight excluding hydrogens is 406 g/mol. The third-order valence-electron chi connectivity index (χ3n) is 4.79. The van der Waals surface area contributed by atoms with Crippen molar-refractivity contribution in [1.29, 1.82) is 0 Å². The Morgan fingerprint density at radius 1 is 1.10 bits per heavy atom. The fourth-order valence-corrected chi connectivity index (χ4v) is 3.67. The summed E-state index contributed by atoms with van der Waals surface area (Å²) in [5.41, 5.74) is 2.70. The number of fused-ring (bicyclic) bond motifs is 2. The number of rotatable bonds is 4. The Labute approximate surface area is 176 Å². The van der Waals surface area contributed by atoms with Crippen LogP contribution >= 0.6 is 11.6 Å². The van der Waals surface area contributed by atoms with Crippen molar-refractivity contribution in [3.63, 3.8) is 0 Å². The molecule has 0 amide bonds. The van der Waals surface area contributed by atoms with Crippen molar-refractivity contribution in [2.45, 2.75) is 13.2 Å². The van der Waals surface area contributed by atoms with Crippen molar-refractivity contribution in [1.82, 2.24) is 4.98 Å². The van der Waals surface area contributed by atoms with Gasteiger partial charge in [-0.15, -0.1) is 0 Å². The molecule has 6 nitrogen and oxygen atoms in total. The van der Waals surface area contributed by atoms with Gasteiger partial charge in [0.1, 0.15) is 23.7 Å². The minimum absolute atomic E-state index is 0.196. The zero-order valence-electron chi connectivity index (χ0n) is 15.8. The van der Waals surface area contributed by atoms with Gasteiger partial charge in [0, 0.05) is 33.8 Å². The summed E-state index contributed by atoms with van der Waals surface area (Å²) < 4.78 is 22.3. The second-order valence-electron chi connectivity index (χ2n) is 6.81. The maximum absolute atomic E-state index is 12.4. The van der Waals surface area contributed by atoms with Gasteiger partial charge in [0.05, 0.1) is 17.9 Å². The molecule has 1 aliphatic rings. The zero-order valence-corrected chi connectivity index (χ0v) is 16.5. The summed E-state index contributed by atoms with van der Waals surface area (Å²) in [6.07, 6.45) is 1.64. The number of hydrogen-bond acceptors (Lipinski definition) is 6. The van der Waals surface area contributed by atoms with E-state index in [1.807, 2.05) is 30.3 Å². The minimum Gasteiger partial charge on any atom is -0.489 e. The molecular formula is C23H16ClNO5. The van der Waals surface area contributed by atoms with Crippen molar-refractivity contribution >= 4 is 22.6 Å². The molecule has 0 unspecified atom stereocenters. The molecule has 0 saturated heterocycles. The molecule has 30 heavy (non-hydrogen) atoms. The highest BCUT2D eigenvalue weighted by Crippen LogP contribution is 2.33. The summed E-state index contributed by atoms with van der Waals surface area (Å²) in [7, 11) is 0. The van der Waals surface area contributed by atoms with E-state index in [0.29, 0.717) is 34.2 Å². The Hall–Kier alpha value is -3.35. The van der Waals surface area contributed by atoms with Gasteiger partial charge in [-0.2, -0.15) is 0 Å². The van der Waals surface area contributed by atoms with Gasteiger partial charge >= 0.3 is 5.63 Å². The number of ether oxygens (including phenoxy) is 3.